The molecule has 0 saturated carbocycles. The summed E-state index contributed by atoms with van der Waals surface area (Å²) in [5.74, 6) is 1.01. The van der Waals surface area contributed by atoms with Crippen molar-refractivity contribution in [3.63, 3.8) is 0 Å². The molecule has 174 valence electrons. The highest BCUT2D eigenvalue weighted by molar-refractivity contribution is 5.91. The predicted molar refractivity (Wildman–Crippen MR) is 134 cm³/mol. The van der Waals surface area contributed by atoms with Crippen LogP contribution in [0.25, 0.3) is 0 Å². The van der Waals surface area contributed by atoms with Crippen LogP contribution in [0.15, 0.2) is 72.8 Å². The number of rotatable bonds is 12. The molecule has 1 unspecified atom stereocenters. The van der Waals surface area contributed by atoms with Crippen molar-refractivity contribution in [1.82, 2.24) is 5.32 Å². The quantitative estimate of drug-likeness (QED) is 0.384. The maximum atomic E-state index is 12.3. The lowest BCUT2D eigenvalue weighted by Gasteiger charge is -2.16. The molecule has 0 heterocycles. The van der Waals surface area contributed by atoms with Gasteiger partial charge in [-0.05, 0) is 69.0 Å². The number of carbonyl (C=O) groups is 1. The van der Waals surface area contributed by atoms with Crippen LogP contribution in [0.2, 0.25) is 0 Å². The summed E-state index contributed by atoms with van der Waals surface area (Å²) in [6, 6.07) is 24.5. The minimum Gasteiger partial charge on any atom is -0.490 e. The molecule has 0 fully saturated rings. The van der Waals surface area contributed by atoms with E-state index in [0.29, 0.717) is 24.1 Å². The standard InChI is InChI=1S/C28H34N2O3/c1-4-32-27-18-24(19-29-22(3)12-13-23-8-6-5-7-9-23)14-17-26(27)33-20-28(31)30-25-15-10-21(2)11-16-25/h5-11,14-18,22,29H,4,12-13,19-20H2,1-3H3,(H,30,31). The van der Waals surface area contributed by atoms with E-state index < -0.39 is 0 Å². The van der Waals surface area contributed by atoms with Crippen LogP contribution in [-0.4, -0.2) is 25.2 Å². The first-order valence-corrected chi connectivity index (χ1v) is 11.6. The third kappa shape index (κ3) is 8.28. The van der Waals surface area contributed by atoms with E-state index in [0.717, 1.165) is 36.2 Å². The van der Waals surface area contributed by atoms with Crippen molar-refractivity contribution in [2.75, 3.05) is 18.5 Å². The molecule has 1 amide bonds. The van der Waals surface area contributed by atoms with E-state index in [-0.39, 0.29) is 12.5 Å². The molecular formula is C28H34N2O3. The fraction of sp³-hybridized carbons (Fsp3) is 0.321. The highest BCUT2D eigenvalue weighted by Gasteiger charge is 2.11. The molecule has 5 nitrogen and oxygen atoms in total. The molecule has 0 aliphatic carbocycles. The molecule has 0 saturated heterocycles. The SMILES string of the molecule is CCOc1cc(CNC(C)CCc2ccccc2)ccc1OCC(=O)Nc1ccc(C)cc1. The Labute approximate surface area is 197 Å². The smallest absolute Gasteiger partial charge is 0.262 e. The molecule has 3 aromatic carbocycles. The van der Waals surface area contributed by atoms with Crippen LogP contribution in [0, 0.1) is 6.92 Å². The topological polar surface area (TPSA) is 59.6 Å². The highest BCUT2D eigenvalue weighted by Crippen LogP contribution is 2.28. The van der Waals surface area contributed by atoms with E-state index >= 15 is 0 Å². The zero-order chi connectivity index (χ0) is 23.5. The molecule has 0 aliphatic rings. The van der Waals surface area contributed by atoms with Crippen LogP contribution in [0.5, 0.6) is 11.5 Å². The van der Waals surface area contributed by atoms with Gasteiger partial charge in [-0.25, -0.2) is 0 Å². The van der Waals surface area contributed by atoms with Crippen molar-refractivity contribution in [2.24, 2.45) is 0 Å². The second kappa shape index (κ2) is 12.7. The average molecular weight is 447 g/mol. The van der Waals surface area contributed by atoms with Gasteiger partial charge in [-0.15, -0.1) is 0 Å². The summed E-state index contributed by atoms with van der Waals surface area (Å²) >= 11 is 0. The van der Waals surface area contributed by atoms with E-state index in [9.17, 15) is 4.79 Å². The Hall–Kier alpha value is -3.31. The molecule has 3 rings (SSSR count). The molecule has 3 aromatic rings. The first-order valence-electron chi connectivity index (χ1n) is 11.6. The van der Waals surface area contributed by atoms with Crippen molar-refractivity contribution < 1.29 is 14.3 Å². The highest BCUT2D eigenvalue weighted by atomic mass is 16.5. The molecule has 0 radical (unpaired) electrons. The number of amides is 1. The summed E-state index contributed by atoms with van der Waals surface area (Å²) in [6.45, 7) is 7.33. The number of anilines is 1. The monoisotopic (exact) mass is 446 g/mol. The van der Waals surface area contributed by atoms with Crippen LogP contribution in [0.1, 0.15) is 37.0 Å². The van der Waals surface area contributed by atoms with E-state index in [1.165, 1.54) is 5.56 Å². The largest absolute Gasteiger partial charge is 0.490 e. The molecule has 0 bridgehead atoms. The Morgan fingerprint density at radius 2 is 1.67 bits per heavy atom. The average Bonchev–Trinajstić information content (AvgIpc) is 2.83. The van der Waals surface area contributed by atoms with Gasteiger partial charge in [0.2, 0.25) is 0 Å². The van der Waals surface area contributed by atoms with Gasteiger partial charge < -0.3 is 20.1 Å². The molecular weight excluding hydrogens is 412 g/mol. The number of benzene rings is 3. The lowest BCUT2D eigenvalue weighted by Crippen LogP contribution is -2.26. The van der Waals surface area contributed by atoms with Gasteiger partial charge in [0.15, 0.2) is 18.1 Å². The lowest BCUT2D eigenvalue weighted by molar-refractivity contribution is -0.118. The van der Waals surface area contributed by atoms with E-state index in [4.69, 9.17) is 9.47 Å². The zero-order valence-electron chi connectivity index (χ0n) is 19.8. The van der Waals surface area contributed by atoms with Gasteiger partial charge in [-0.1, -0.05) is 54.1 Å². The molecule has 2 N–H and O–H groups in total. The minimum atomic E-state index is -0.209. The number of aryl methyl sites for hydroxylation is 2. The van der Waals surface area contributed by atoms with E-state index in [1.807, 2.05) is 62.4 Å². The Morgan fingerprint density at radius 3 is 2.39 bits per heavy atom. The number of hydrogen-bond donors (Lipinski definition) is 2. The minimum absolute atomic E-state index is 0.0813. The summed E-state index contributed by atoms with van der Waals surface area (Å²) in [6.07, 6.45) is 2.12. The first kappa shape index (κ1) is 24.3. The summed E-state index contributed by atoms with van der Waals surface area (Å²) in [5, 5.41) is 6.42. The van der Waals surface area contributed by atoms with Crippen molar-refractivity contribution in [1.29, 1.82) is 0 Å². The number of ether oxygens (including phenoxy) is 2. The van der Waals surface area contributed by atoms with Gasteiger partial charge in [0, 0.05) is 18.3 Å². The van der Waals surface area contributed by atoms with Crippen molar-refractivity contribution >= 4 is 11.6 Å². The van der Waals surface area contributed by atoms with Crippen molar-refractivity contribution in [3.8, 4) is 11.5 Å². The fourth-order valence-electron chi connectivity index (χ4n) is 3.45. The van der Waals surface area contributed by atoms with Crippen LogP contribution >= 0.6 is 0 Å². The van der Waals surface area contributed by atoms with Gasteiger partial charge in [0.1, 0.15) is 0 Å². The van der Waals surface area contributed by atoms with E-state index in [1.54, 1.807) is 0 Å². The second-order valence-corrected chi connectivity index (χ2v) is 8.22. The number of carbonyl (C=O) groups excluding carboxylic acids is 1. The fourth-order valence-corrected chi connectivity index (χ4v) is 3.45. The third-order valence-electron chi connectivity index (χ3n) is 5.37. The molecule has 5 heteroatoms. The Bertz CT molecular complexity index is 1000. The molecule has 1 atom stereocenters. The molecule has 33 heavy (non-hydrogen) atoms. The van der Waals surface area contributed by atoms with E-state index in [2.05, 4.69) is 41.8 Å². The molecule has 0 aliphatic heterocycles. The van der Waals surface area contributed by atoms with Gasteiger partial charge in [0.25, 0.3) is 5.91 Å². The summed E-state index contributed by atoms with van der Waals surface area (Å²) in [4.78, 5) is 12.3. The normalized spacial score (nSPS) is 11.6. The van der Waals surface area contributed by atoms with Gasteiger partial charge in [-0.2, -0.15) is 0 Å². The first-order chi connectivity index (χ1) is 16.0. The van der Waals surface area contributed by atoms with Crippen LogP contribution in [0.3, 0.4) is 0 Å². The van der Waals surface area contributed by atoms with Crippen LogP contribution in [-0.2, 0) is 17.8 Å². The maximum absolute atomic E-state index is 12.3. The Morgan fingerprint density at radius 1 is 0.909 bits per heavy atom. The summed E-state index contributed by atoms with van der Waals surface area (Å²) < 4.78 is 11.5. The predicted octanol–water partition coefficient (Wildman–Crippen LogP) is 5.52. The van der Waals surface area contributed by atoms with Crippen molar-refractivity contribution in [2.45, 2.75) is 46.2 Å². The molecule has 0 spiro atoms. The maximum Gasteiger partial charge on any atom is 0.262 e. The van der Waals surface area contributed by atoms with Crippen molar-refractivity contribution in [3.05, 3.63) is 89.5 Å². The Balaban J connectivity index is 1.50. The van der Waals surface area contributed by atoms with Gasteiger partial charge >= 0.3 is 0 Å². The summed E-state index contributed by atoms with van der Waals surface area (Å²) in [5.41, 5.74) is 4.37. The van der Waals surface area contributed by atoms with Gasteiger partial charge in [-0.3, -0.25) is 4.79 Å². The molecule has 0 aromatic heterocycles. The number of nitrogens with one attached hydrogen (secondary N) is 2. The second-order valence-electron chi connectivity index (χ2n) is 8.22. The van der Waals surface area contributed by atoms with Crippen LogP contribution < -0.4 is 20.1 Å². The summed E-state index contributed by atoms with van der Waals surface area (Å²) in [7, 11) is 0. The number of hydrogen-bond acceptors (Lipinski definition) is 4. The third-order valence-corrected chi connectivity index (χ3v) is 5.37. The van der Waals surface area contributed by atoms with Gasteiger partial charge in [0.05, 0.1) is 6.61 Å². The lowest BCUT2D eigenvalue weighted by atomic mass is 10.1. The van der Waals surface area contributed by atoms with Crippen LogP contribution in [0.4, 0.5) is 5.69 Å². The Kier molecular flexibility index (Phi) is 9.33. The zero-order valence-corrected chi connectivity index (χ0v) is 19.8.